The lowest BCUT2D eigenvalue weighted by Gasteiger charge is -2.36. The van der Waals surface area contributed by atoms with Gasteiger partial charge in [0.05, 0.1) is 5.56 Å². The van der Waals surface area contributed by atoms with Crippen LogP contribution < -0.4 is 10.2 Å². The molecule has 4 rings (SSSR count). The number of phenols is 1. The van der Waals surface area contributed by atoms with Crippen molar-refractivity contribution in [3.63, 3.8) is 0 Å². The van der Waals surface area contributed by atoms with Gasteiger partial charge in [-0.3, -0.25) is 0 Å². The van der Waals surface area contributed by atoms with E-state index < -0.39 is 0 Å². The van der Waals surface area contributed by atoms with Crippen molar-refractivity contribution < 1.29 is 5.11 Å². The van der Waals surface area contributed by atoms with E-state index in [1.54, 1.807) is 6.07 Å². The molecule has 2 aliphatic heterocycles. The maximum atomic E-state index is 10.1. The van der Waals surface area contributed by atoms with Gasteiger partial charge >= 0.3 is 0 Å². The van der Waals surface area contributed by atoms with Gasteiger partial charge in [0, 0.05) is 36.9 Å². The number of piperazine rings is 1. The van der Waals surface area contributed by atoms with Crippen LogP contribution in [0.4, 0.5) is 5.82 Å². The molecule has 2 aromatic rings. The molecule has 2 aliphatic rings. The molecule has 2 bridgehead atoms. The predicted octanol–water partition coefficient (Wildman–Crippen LogP) is 2.10. The molecule has 0 unspecified atom stereocenters. The highest BCUT2D eigenvalue weighted by Crippen LogP contribution is 2.33. The number of nitrogens with one attached hydrogen (secondary N) is 1. The number of nitrogens with zero attached hydrogens (tertiary/aromatic N) is 3. The molecule has 2 N–H and O–H groups in total. The summed E-state index contributed by atoms with van der Waals surface area (Å²) < 4.78 is 0. The fourth-order valence-electron chi connectivity index (χ4n) is 3.62. The Bertz CT molecular complexity index is 687. The number of aryl methyl sites for hydroxylation is 1. The minimum absolute atomic E-state index is 0.224. The molecule has 0 amide bonds. The summed E-state index contributed by atoms with van der Waals surface area (Å²) in [5, 5.41) is 13.6. The zero-order valence-corrected chi connectivity index (χ0v) is 12.7. The Labute approximate surface area is 130 Å². The van der Waals surface area contributed by atoms with Gasteiger partial charge in [-0.2, -0.15) is 0 Å². The van der Waals surface area contributed by atoms with E-state index in [9.17, 15) is 5.11 Å². The lowest BCUT2D eigenvalue weighted by atomic mass is 10.1. The summed E-state index contributed by atoms with van der Waals surface area (Å²) in [6.07, 6.45) is 2.43. The van der Waals surface area contributed by atoms with Gasteiger partial charge in [-0.15, -0.1) is 0 Å². The van der Waals surface area contributed by atoms with E-state index in [1.165, 1.54) is 12.8 Å². The Morgan fingerprint density at radius 2 is 1.86 bits per heavy atom. The Balaban J connectivity index is 1.77. The number of anilines is 1. The molecule has 2 fully saturated rings. The normalized spacial score (nSPS) is 23.8. The topological polar surface area (TPSA) is 61.3 Å². The zero-order chi connectivity index (χ0) is 15.1. The smallest absolute Gasteiger partial charge is 0.165 e. The van der Waals surface area contributed by atoms with Gasteiger partial charge in [0.15, 0.2) is 5.82 Å². The van der Waals surface area contributed by atoms with E-state index in [-0.39, 0.29) is 5.75 Å². The zero-order valence-electron chi connectivity index (χ0n) is 12.7. The molecule has 5 heteroatoms. The summed E-state index contributed by atoms with van der Waals surface area (Å²) in [5.41, 5.74) is 1.62. The second kappa shape index (κ2) is 5.25. The molecule has 2 atom stereocenters. The second-order valence-electron chi connectivity index (χ2n) is 6.16. The number of aromatic nitrogens is 2. The van der Waals surface area contributed by atoms with Gasteiger partial charge in [-0.25, -0.2) is 9.97 Å². The molecule has 1 aromatic heterocycles. The number of fused-ring (bicyclic) bond motifs is 2. The van der Waals surface area contributed by atoms with Crippen molar-refractivity contribution in [3.8, 4) is 17.1 Å². The first-order chi connectivity index (χ1) is 10.7. The van der Waals surface area contributed by atoms with Crippen molar-refractivity contribution in [2.75, 3.05) is 18.0 Å². The molecule has 3 heterocycles. The first-order valence-electron chi connectivity index (χ1n) is 7.85. The monoisotopic (exact) mass is 296 g/mol. The molecular weight excluding hydrogens is 276 g/mol. The van der Waals surface area contributed by atoms with Crippen molar-refractivity contribution in [3.05, 3.63) is 36.0 Å². The van der Waals surface area contributed by atoms with Gasteiger partial charge in [0.2, 0.25) is 0 Å². The molecular formula is C17H20N4O. The first-order valence-corrected chi connectivity index (χ1v) is 7.85. The Morgan fingerprint density at radius 1 is 1.14 bits per heavy atom. The van der Waals surface area contributed by atoms with E-state index in [4.69, 9.17) is 4.98 Å². The van der Waals surface area contributed by atoms with Crippen LogP contribution >= 0.6 is 0 Å². The fourth-order valence-corrected chi connectivity index (χ4v) is 3.62. The summed E-state index contributed by atoms with van der Waals surface area (Å²) in [6.45, 7) is 4.02. The van der Waals surface area contributed by atoms with Gasteiger partial charge in [-0.1, -0.05) is 12.1 Å². The molecule has 5 nitrogen and oxygen atoms in total. The highest BCUT2D eigenvalue weighted by atomic mass is 16.3. The summed E-state index contributed by atoms with van der Waals surface area (Å²) in [6, 6.07) is 10.3. The number of hydrogen-bond donors (Lipinski definition) is 2. The van der Waals surface area contributed by atoms with Gasteiger partial charge < -0.3 is 15.3 Å². The van der Waals surface area contributed by atoms with Crippen molar-refractivity contribution in [2.24, 2.45) is 0 Å². The third-order valence-electron chi connectivity index (χ3n) is 4.63. The van der Waals surface area contributed by atoms with Crippen LogP contribution in [-0.4, -0.2) is 40.2 Å². The Hall–Kier alpha value is -2.14. The summed E-state index contributed by atoms with van der Waals surface area (Å²) >= 11 is 0. The van der Waals surface area contributed by atoms with Crippen LogP contribution in [0.3, 0.4) is 0 Å². The number of aromatic hydroxyl groups is 1. The van der Waals surface area contributed by atoms with Crippen molar-refractivity contribution >= 4 is 5.82 Å². The van der Waals surface area contributed by atoms with Crippen molar-refractivity contribution in [1.82, 2.24) is 15.3 Å². The first kappa shape index (κ1) is 13.5. The molecule has 0 spiro atoms. The molecule has 22 heavy (non-hydrogen) atoms. The van der Waals surface area contributed by atoms with Crippen LogP contribution in [-0.2, 0) is 0 Å². The van der Waals surface area contributed by atoms with Crippen LogP contribution in [0.15, 0.2) is 30.3 Å². The maximum absolute atomic E-state index is 10.1. The third kappa shape index (κ3) is 2.22. The van der Waals surface area contributed by atoms with Crippen LogP contribution in [0.2, 0.25) is 0 Å². The molecule has 0 radical (unpaired) electrons. The molecule has 1 aromatic carbocycles. The fraction of sp³-hybridized carbons (Fsp3) is 0.412. The number of rotatable bonds is 2. The van der Waals surface area contributed by atoms with Crippen molar-refractivity contribution in [1.29, 1.82) is 0 Å². The minimum atomic E-state index is 0.224. The summed E-state index contributed by atoms with van der Waals surface area (Å²) in [7, 11) is 0. The minimum Gasteiger partial charge on any atom is -0.507 e. The van der Waals surface area contributed by atoms with Crippen LogP contribution in [0, 0.1) is 6.92 Å². The Morgan fingerprint density at radius 3 is 2.59 bits per heavy atom. The molecule has 0 saturated carbocycles. The van der Waals surface area contributed by atoms with Crippen LogP contribution in [0.1, 0.15) is 18.5 Å². The average Bonchev–Trinajstić information content (AvgIpc) is 2.76. The van der Waals surface area contributed by atoms with Gasteiger partial charge in [0.1, 0.15) is 11.6 Å². The quantitative estimate of drug-likeness (QED) is 0.888. The van der Waals surface area contributed by atoms with E-state index in [0.717, 1.165) is 24.6 Å². The van der Waals surface area contributed by atoms with E-state index >= 15 is 0 Å². The van der Waals surface area contributed by atoms with E-state index in [1.807, 2.05) is 25.1 Å². The second-order valence-corrected chi connectivity index (χ2v) is 6.16. The Kier molecular flexibility index (Phi) is 3.22. The van der Waals surface area contributed by atoms with E-state index in [2.05, 4.69) is 21.3 Å². The SMILES string of the molecule is Cc1cc(N2[C@@H]3CC[C@H]2CNC3)nc(-c2ccccc2O)n1. The molecule has 0 aliphatic carbocycles. The third-order valence-corrected chi connectivity index (χ3v) is 4.63. The predicted molar refractivity (Wildman–Crippen MR) is 86.0 cm³/mol. The van der Waals surface area contributed by atoms with Crippen LogP contribution in [0.5, 0.6) is 5.75 Å². The average molecular weight is 296 g/mol. The number of hydrogen-bond acceptors (Lipinski definition) is 5. The standard InChI is InChI=1S/C17H20N4O/c1-11-8-16(21-12-6-7-13(21)10-18-9-12)20-17(19-11)14-4-2-3-5-15(14)22/h2-5,8,12-13,18,22H,6-7,9-10H2,1H3/t12-,13+. The largest absolute Gasteiger partial charge is 0.507 e. The van der Waals surface area contributed by atoms with Gasteiger partial charge in [-0.05, 0) is 31.9 Å². The number of benzene rings is 1. The summed E-state index contributed by atoms with van der Waals surface area (Å²) in [4.78, 5) is 11.7. The lowest BCUT2D eigenvalue weighted by molar-refractivity contribution is 0.476. The van der Waals surface area contributed by atoms with Crippen LogP contribution in [0.25, 0.3) is 11.4 Å². The summed E-state index contributed by atoms with van der Waals surface area (Å²) in [5.74, 6) is 1.81. The highest BCUT2D eigenvalue weighted by Gasteiger charge is 2.37. The lowest BCUT2D eigenvalue weighted by Crippen LogP contribution is -2.52. The van der Waals surface area contributed by atoms with E-state index in [0.29, 0.717) is 23.5 Å². The molecule has 114 valence electrons. The number of phenolic OH excluding ortho intramolecular Hbond substituents is 1. The molecule has 2 saturated heterocycles. The van der Waals surface area contributed by atoms with Crippen molar-refractivity contribution in [2.45, 2.75) is 31.8 Å². The van der Waals surface area contributed by atoms with Gasteiger partial charge in [0.25, 0.3) is 0 Å². The maximum Gasteiger partial charge on any atom is 0.165 e. The highest BCUT2D eigenvalue weighted by molar-refractivity contribution is 5.65. The number of para-hydroxylation sites is 1.